The van der Waals surface area contributed by atoms with E-state index >= 15 is 0 Å². The maximum absolute atomic E-state index is 10.5. The lowest BCUT2D eigenvalue weighted by molar-refractivity contribution is 0.0251. The zero-order valence-electron chi connectivity index (χ0n) is 7.38. The van der Waals surface area contributed by atoms with E-state index in [1.165, 1.54) is 30.3 Å². The van der Waals surface area contributed by atoms with Gasteiger partial charge in [0.05, 0.1) is 5.56 Å². The third kappa shape index (κ3) is 2.60. The monoisotopic (exact) mass is 194 g/mol. The summed E-state index contributed by atoms with van der Waals surface area (Å²) in [6, 6.07) is 5.73. The van der Waals surface area contributed by atoms with Crippen molar-refractivity contribution in [3.05, 3.63) is 42.5 Å². The Morgan fingerprint density at radius 1 is 1.43 bits per heavy atom. The smallest absolute Gasteiger partial charge is 0.335 e. The van der Waals surface area contributed by atoms with Gasteiger partial charge in [0.1, 0.15) is 5.75 Å². The van der Waals surface area contributed by atoms with Crippen LogP contribution in [0, 0.1) is 0 Å². The van der Waals surface area contributed by atoms with Gasteiger partial charge in [-0.25, -0.2) is 4.79 Å². The molecule has 0 aliphatic heterocycles. The highest BCUT2D eigenvalue weighted by molar-refractivity contribution is 5.87. The summed E-state index contributed by atoms with van der Waals surface area (Å²) < 4.78 is 4.94. The van der Waals surface area contributed by atoms with Gasteiger partial charge < -0.3 is 14.9 Å². The van der Waals surface area contributed by atoms with E-state index in [-0.39, 0.29) is 5.56 Å². The van der Waals surface area contributed by atoms with Gasteiger partial charge in [0, 0.05) is 0 Å². The molecule has 1 atom stereocenters. The number of hydrogen-bond donors (Lipinski definition) is 2. The number of carboxylic acids is 1. The summed E-state index contributed by atoms with van der Waals surface area (Å²) in [7, 11) is 0. The Hall–Kier alpha value is -1.81. The second-order valence-corrected chi connectivity index (χ2v) is 2.57. The van der Waals surface area contributed by atoms with Crippen LogP contribution in [-0.2, 0) is 0 Å². The lowest BCUT2D eigenvalue weighted by atomic mass is 10.2. The molecule has 1 aromatic rings. The van der Waals surface area contributed by atoms with Crippen LogP contribution < -0.4 is 4.74 Å². The molecule has 0 aliphatic rings. The molecule has 0 saturated carbocycles. The summed E-state index contributed by atoms with van der Waals surface area (Å²) in [5.41, 5.74) is 0.172. The van der Waals surface area contributed by atoms with Crippen LogP contribution >= 0.6 is 0 Å². The Morgan fingerprint density at radius 3 is 2.43 bits per heavy atom. The molecule has 0 saturated heterocycles. The first kappa shape index (κ1) is 10.3. The van der Waals surface area contributed by atoms with E-state index in [0.29, 0.717) is 5.75 Å². The van der Waals surface area contributed by atoms with E-state index in [0.717, 1.165) is 0 Å². The number of aliphatic hydroxyl groups is 1. The molecule has 14 heavy (non-hydrogen) atoms. The molecule has 1 aromatic carbocycles. The zero-order valence-corrected chi connectivity index (χ0v) is 7.38. The zero-order chi connectivity index (χ0) is 10.6. The van der Waals surface area contributed by atoms with Crippen molar-refractivity contribution in [2.24, 2.45) is 0 Å². The third-order valence-corrected chi connectivity index (χ3v) is 1.56. The van der Waals surface area contributed by atoms with Gasteiger partial charge in [0.2, 0.25) is 6.29 Å². The normalized spacial score (nSPS) is 11.8. The van der Waals surface area contributed by atoms with E-state index in [9.17, 15) is 4.79 Å². The fourth-order valence-electron chi connectivity index (χ4n) is 0.864. The maximum atomic E-state index is 10.5. The van der Waals surface area contributed by atoms with Crippen molar-refractivity contribution in [2.45, 2.75) is 6.29 Å². The number of aliphatic hydroxyl groups excluding tert-OH is 1. The molecule has 74 valence electrons. The topological polar surface area (TPSA) is 66.8 Å². The van der Waals surface area contributed by atoms with Crippen molar-refractivity contribution in [1.82, 2.24) is 0 Å². The molecule has 0 aromatic heterocycles. The van der Waals surface area contributed by atoms with Gasteiger partial charge in [-0.2, -0.15) is 0 Å². The van der Waals surface area contributed by atoms with Crippen molar-refractivity contribution in [3.8, 4) is 5.75 Å². The average Bonchev–Trinajstić information content (AvgIpc) is 2.18. The Kier molecular flexibility index (Phi) is 3.25. The van der Waals surface area contributed by atoms with Crippen LogP contribution in [-0.4, -0.2) is 22.5 Å². The molecule has 0 radical (unpaired) electrons. The third-order valence-electron chi connectivity index (χ3n) is 1.56. The predicted octanol–water partition coefficient (Wildman–Crippen LogP) is 1.27. The van der Waals surface area contributed by atoms with Gasteiger partial charge in [-0.3, -0.25) is 0 Å². The van der Waals surface area contributed by atoms with E-state index in [1.807, 2.05) is 0 Å². The van der Waals surface area contributed by atoms with Crippen LogP contribution in [0.25, 0.3) is 0 Å². The van der Waals surface area contributed by atoms with Crippen LogP contribution in [0.1, 0.15) is 10.4 Å². The predicted molar refractivity (Wildman–Crippen MR) is 50.2 cm³/mol. The molecule has 2 N–H and O–H groups in total. The number of benzene rings is 1. The molecular formula is C10H10O4. The lowest BCUT2D eigenvalue weighted by Crippen LogP contribution is -2.11. The summed E-state index contributed by atoms with van der Waals surface area (Å²) >= 11 is 0. The number of carbonyl (C=O) groups is 1. The fourth-order valence-corrected chi connectivity index (χ4v) is 0.864. The first-order chi connectivity index (χ1) is 6.63. The molecule has 0 aliphatic carbocycles. The molecular weight excluding hydrogens is 184 g/mol. The first-order valence-electron chi connectivity index (χ1n) is 3.94. The highest BCUT2D eigenvalue weighted by Crippen LogP contribution is 2.13. The maximum Gasteiger partial charge on any atom is 0.335 e. The Balaban J connectivity index is 2.73. The Bertz CT molecular complexity index is 328. The van der Waals surface area contributed by atoms with Crippen molar-refractivity contribution >= 4 is 5.97 Å². The molecule has 0 amide bonds. The van der Waals surface area contributed by atoms with Crippen molar-refractivity contribution in [3.63, 3.8) is 0 Å². The number of hydrogen-bond acceptors (Lipinski definition) is 3. The van der Waals surface area contributed by atoms with Crippen LogP contribution in [0.2, 0.25) is 0 Å². The second kappa shape index (κ2) is 4.43. The second-order valence-electron chi connectivity index (χ2n) is 2.57. The highest BCUT2D eigenvalue weighted by Gasteiger charge is 2.03. The number of rotatable bonds is 4. The summed E-state index contributed by atoms with van der Waals surface area (Å²) in [6.45, 7) is 3.33. The standard InChI is InChI=1S/C10H10O4/c1-2-9(11)14-8-5-3-7(4-6-8)10(12)13/h2-6,9,11H,1H2,(H,12,13). The van der Waals surface area contributed by atoms with Gasteiger partial charge in [-0.1, -0.05) is 6.58 Å². The molecule has 0 bridgehead atoms. The van der Waals surface area contributed by atoms with Gasteiger partial charge in [-0.05, 0) is 30.3 Å². The quantitative estimate of drug-likeness (QED) is 0.559. The number of carboxylic acid groups (broad SMARTS) is 1. The van der Waals surface area contributed by atoms with E-state index in [4.69, 9.17) is 14.9 Å². The summed E-state index contributed by atoms with van der Waals surface area (Å²) in [5.74, 6) is -0.608. The fraction of sp³-hybridized carbons (Fsp3) is 0.100. The first-order valence-corrected chi connectivity index (χ1v) is 3.94. The lowest BCUT2D eigenvalue weighted by Gasteiger charge is -2.08. The molecule has 4 nitrogen and oxygen atoms in total. The number of aromatic carboxylic acids is 1. The van der Waals surface area contributed by atoms with E-state index in [1.54, 1.807) is 0 Å². The van der Waals surface area contributed by atoms with Gasteiger partial charge in [-0.15, -0.1) is 0 Å². The summed E-state index contributed by atoms with van der Waals surface area (Å²) in [4.78, 5) is 10.5. The van der Waals surface area contributed by atoms with Crippen LogP contribution in [0.5, 0.6) is 5.75 Å². The minimum absolute atomic E-state index is 0.172. The minimum Gasteiger partial charge on any atom is -0.478 e. The molecule has 1 rings (SSSR count). The van der Waals surface area contributed by atoms with Gasteiger partial charge in [0.25, 0.3) is 0 Å². The molecule has 0 spiro atoms. The largest absolute Gasteiger partial charge is 0.478 e. The van der Waals surface area contributed by atoms with E-state index in [2.05, 4.69) is 6.58 Å². The molecule has 0 fully saturated rings. The molecule has 1 unspecified atom stereocenters. The van der Waals surface area contributed by atoms with E-state index < -0.39 is 12.3 Å². The average molecular weight is 194 g/mol. The summed E-state index contributed by atoms with van der Waals surface area (Å²) in [6.07, 6.45) is 0.149. The molecule has 0 heterocycles. The Labute approximate surface area is 81.1 Å². The Morgan fingerprint density at radius 2 is 2.00 bits per heavy atom. The van der Waals surface area contributed by atoms with Crippen molar-refractivity contribution in [1.29, 1.82) is 0 Å². The van der Waals surface area contributed by atoms with Crippen LogP contribution in [0.3, 0.4) is 0 Å². The van der Waals surface area contributed by atoms with Gasteiger partial charge in [0.15, 0.2) is 0 Å². The van der Waals surface area contributed by atoms with Crippen molar-refractivity contribution in [2.75, 3.05) is 0 Å². The SMILES string of the molecule is C=CC(O)Oc1ccc(C(=O)O)cc1. The number of ether oxygens (including phenoxy) is 1. The minimum atomic E-state index is -1.08. The summed E-state index contributed by atoms with van der Waals surface area (Å²) in [5, 5.41) is 17.6. The van der Waals surface area contributed by atoms with Crippen molar-refractivity contribution < 1.29 is 19.7 Å². The van der Waals surface area contributed by atoms with Crippen LogP contribution in [0.4, 0.5) is 0 Å². The molecule has 4 heteroatoms. The highest BCUT2D eigenvalue weighted by atomic mass is 16.6. The van der Waals surface area contributed by atoms with Gasteiger partial charge >= 0.3 is 5.97 Å². The van der Waals surface area contributed by atoms with Crippen LogP contribution in [0.15, 0.2) is 36.9 Å².